The summed E-state index contributed by atoms with van der Waals surface area (Å²) in [6, 6.07) is 9.70. The van der Waals surface area contributed by atoms with Gasteiger partial charge in [-0.1, -0.05) is 44.7 Å². The maximum atomic E-state index is 13.2. The number of carbonyl (C=O) groups is 1. The molecule has 1 aliphatic rings. The van der Waals surface area contributed by atoms with Crippen LogP contribution in [-0.2, 0) is 14.8 Å². The van der Waals surface area contributed by atoms with E-state index in [1.54, 1.807) is 31.4 Å². The summed E-state index contributed by atoms with van der Waals surface area (Å²) >= 11 is 0.942. The Labute approximate surface area is 222 Å². The van der Waals surface area contributed by atoms with E-state index in [9.17, 15) is 17.6 Å². The zero-order valence-electron chi connectivity index (χ0n) is 21.0. The molecule has 1 aliphatic heterocycles. The second-order valence-corrected chi connectivity index (χ2v) is 10.9. The van der Waals surface area contributed by atoms with Crippen molar-refractivity contribution in [2.45, 2.75) is 43.9 Å². The van der Waals surface area contributed by atoms with Gasteiger partial charge in [-0.25, -0.2) is 4.39 Å². The molecule has 0 spiro atoms. The molecule has 2 aromatic carbocycles. The maximum Gasteiger partial charge on any atom is 0.284 e. The second-order valence-electron chi connectivity index (χ2n) is 8.29. The van der Waals surface area contributed by atoms with Gasteiger partial charge < -0.3 is 9.47 Å². The van der Waals surface area contributed by atoms with Crippen molar-refractivity contribution in [1.29, 1.82) is 0 Å². The molecule has 1 fully saturated rings. The molecule has 2 aromatic rings. The summed E-state index contributed by atoms with van der Waals surface area (Å²) in [4.78, 5) is 14.4. The first-order valence-electron chi connectivity index (χ1n) is 12.0. The molecular weight excluding hydrogens is 515 g/mol. The molecule has 1 heterocycles. The van der Waals surface area contributed by atoms with Gasteiger partial charge in [-0.05, 0) is 66.2 Å². The lowest BCUT2D eigenvalue weighted by molar-refractivity contribution is -0.121. The number of ether oxygens (including phenoxy) is 2. The second kappa shape index (κ2) is 13.4. The lowest BCUT2D eigenvalue weighted by atomic mass is 10.1. The van der Waals surface area contributed by atoms with E-state index in [0.29, 0.717) is 28.6 Å². The van der Waals surface area contributed by atoms with Gasteiger partial charge in [-0.2, -0.15) is 8.42 Å². The highest BCUT2D eigenvalue weighted by atomic mass is 32.2. The molecule has 7 nitrogen and oxygen atoms in total. The summed E-state index contributed by atoms with van der Waals surface area (Å²) in [6.45, 7) is 6.49. The molecule has 1 saturated heterocycles. The van der Waals surface area contributed by atoms with E-state index in [0.717, 1.165) is 48.9 Å². The topological polar surface area (TPSA) is 85.3 Å². The normalized spacial score (nSPS) is 16.0. The number of halogens is 1. The summed E-state index contributed by atoms with van der Waals surface area (Å²) in [5.41, 5.74) is 0.684. The van der Waals surface area contributed by atoms with Crippen molar-refractivity contribution in [3.63, 3.8) is 0 Å². The number of sulfonamides is 1. The SMILES string of the molecule is C=CCN1C(=O)C(=Cc2ccc(OCCCCCCC)c(OC)c2)SC1=NS(=O)(=O)c1ccc(F)cc1. The average Bonchev–Trinajstić information content (AvgIpc) is 3.15. The van der Waals surface area contributed by atoms with Crippen molar-refractivity contribution >= 4 is 38.9 Å². The summed E-state index contributed by atoms with van der Waals surface area (Å²) in [5, 5.41) is -0.00420. The minimum Gasteiger partial charge on any atom is -0.493 e. The Morgan fingerprint density at radius 1 is 1.08 bits per heavy atom. The Morgan fingerprint density at radius 2 is 1.81 bits per heavy atom. The zero-order chi connectivity index (χ0) is 26.8. The van der Waals surface area contributed by atoms with Gasteiger partial charge in [-0.15, -0.1) is 11.0 Å². The number of benzene rings is 2. The van der Waals surface area contributed by atoms with Crippen LogP contribution in [0.25, 0.3) is 6.08 Å². The number of carbonyl (C=O) groups excluding carboxylic acids is 1. The minimum atomic E-state index is -4.16. The number of amides is 1. The summed E-state index contributed by atoms with van der Waals surface area (Å²) in [6.07, 6.45) is 8.80. The molecule has 37 heavy (non-hydrogen) atoms. The molecule has 0 saturated carbocycles. The number of hydrogen-bond donors (Lipinski definition) is 0. The summed E-state index contributed by atoms with van der Waals surface area (Å²) < 4.78 is 54.0. The van der Waals surface area contributed by atoms with Crippen LogP contribution in [0, 0.1) is 5.82 Å². The molecule has 0 bridgehead atoms. The monoisotopic (exact) mass is 546 g/mol. The van der Waals surface area contributed by atoms with Gasteiger partial charge in [0, 0.05) is 6.54 Å². The van der Waals surface area contributed by atoms with E-state index in [2.05, 4.69) is 17.9 Å². The number of methoxy groups -OCH3 is 1. The van der Waals surface area contributed by atoms with Gasteiger partial charge in [0.1, 0.15) is 5.82 Å². The van der Waals surface area contributed by atoms with Crippen LogP contribution in [0.5, 0.6) is 11.5 Å². The molecule has 0 N–H and O–H groups in total. The Hall–Kier alpha value is -3.11. The lowest BCUT2D eigenvalue weighted by Crippen LogP contribution is -2.29. The average molecular weight is 547 g/mol. The molecule has 0 aliphatic carbocycles. The van der Waals surface area contributed by atoms with Gasteiger partial charge in [0.2, 0.25) is 0 Å². The molecule has 0 radical (unpaired) electrons. The number of unbranched alkanes of at least 4 members (excludes halogenated alkanes) is 4. The standard InChI is InChI=1S/C27H31FN2O5S2/c1-4-6-7-8-9-17-35-23-15-10-20(18-24(23)34-3)19-25-26(31)30(16-5-2)27(36-25)29-37(32,33)22-13-11-21(28)12-14-22/h5,10-15,18-19H,2,4,6-9,16-17H2,1,3H3. The lowest BCUT2D eigenvalue weighted by Gasteiger charge is -2.12. The van der Waals surface area contributed by atoms with Crippen LogP contribution in [-0.4, -0.2) is 44.7 Å². The number of nitrogens with zero attached hydrogens (tertiary/aromatic N) is 2. The minimum absolute atomic E-state index is 0.00420. The zero-order valence-corrected chi connectivity index (χ0v) is 22.6. The van der Waals surface area contributed by atoms with Crippen LogP contribution in [0.2, 0.25) is 0 Å². The van der Waals surface area contributed by atoms with Crippen molar-refractivity contribution in [2.24, 2.45) is 4.40 Å². The Kier molecular flexibility index (Phi) is 10.3. The van der Waals surface area contributed by atoms with Gasteiger partial charge in [0.15, 0.2) is 16.7 Å². The quantitative estimate of drug-likeness (QED) is 0.173. The Bertz CT molecular complexity index is 1270. The first-order chi connectivity index (χ1) is 17.8. The van der Waals surface area contributed by atoms with E-state index < -0.39 is 21.7 Å². The van der Waals surface area contributed by atoms with Gasteiger partial charge in [0.25, 0.3) is 15.9 Å². The van der Waals surface area contributed by atoms with Crippen molar-refractivity contribution < 1.29 is 27.1 Å². The number of amidine groups is 1. The molecule has 3 rings (SSSR count). The molecular formula is C27H31FN2O5S2. The van der Waals surface area contributed by atoms with Crippen LogP contribution >= 0.6 is 11.8 Å². The first-order valence-corrected chi connectivity index (χ1v) is 14.3. The highest BCUT2D eigenvalue weighted by molar-refractivity contribution is 8.19. The van der Waals surface area contributed by atoms with E-state index in [1.165, 1.54) is 30.2 Å². The molecule has 0 unspecified atom stereocenters. The highest BCUT2D eigenvalue weighted by Crippen LogP contribution is 2.35. The van der Waals surface area contributed by atoms with E-state index >= 15 is 0 Å². The molecule has 10 heteroatoms. The fourth-order valence-corrected chi connectivity index (χ4v) is 5.75. The summed E-state index contributed by atoms with van der Waals surface area (Å²) in [7, 11) is -2.61. The van der Waals surface area contributed by atoms with Gasteiger partial charge in [0.05, 0.1) is 23.5 Å². The van der Waals surface area contributed by atoms with Crippen LogP contribution in [0.15, 0.2) is 69.3 Å². The van der Waals surface area contributed by atoms with E-state index in [1.807, 2.05) is 0 Å². The smallest absolute Gasteiger partial charge is 0.284 e. The third kappa shape index (κ3) is 7.69. The number of thioether (sulfide) groups is 1. The third-order valence-corrected chi connectivity index (χ3v) is 7.90. The van der Waals surface area contributed by atoms with Crippen molar-refractivity contribution in [3.05, 3.63) is 71.4 Å². The molecule has 1 amide bonds. The van der Waals surface area contributed by atoms with E-state index in [-0.39, 0.29) is 16.6 Å². The fraction of sp³-hybridized carbons (Fsp3) is 0.333. The van der Waals surface area contributed by atoms with Crippen molar-refractivity contribution in [1.82, 2.24) is 4.90 Å². The molecule has 0 aromatic heterocycles. The van der Waals surface area contributed by atoms with Crippen molar-refractivity contribution in [3.8, 4) is 11.5 Å². The van der Waals surface area contributed by atoms with Crippen LogP contribution in [0.3, 0.4) is 0 Å². The third-order valence-electron chi connectivity index (χ3n) is 5.50. The molecule has 0 atom stereocenters. The maximum absolute atomic E-state index is 13.2. The Morgan fingerprint density at radius 3 is 2.49 bits per heavy atom. The predicted octanol–water partition coefficient (Wildman–Crippen LogP) is 6.03. The number of rotatable bonds is 13. The Balaban J connectivity index is 1.80. The van der Waals surface area contributed by atoms with Gasteiger partial charge in [-0.3, -0.25) is 9.69 Å². The summed E-state index contributed by atoms with van der Waals surface area (Å²) in [5.74, 6) is 0.194. The van der Waals surface area contributed by atoms with Crippen LogP contribution in [0.4, 0.5) is 4.39 Å². The fourth-order valence-electron chi connectivity index (χ4n) is 3.56. The van der Waals surface area contributed by atoms with Crippen LogP contribution in [0.1, 0.15) is 44.6 Å². The molecule has 198 valence electrons. The predicted molar refractivity (Wildman–Crippen MR) is 146 cm³/mol. The van der Waals surface area contributed by atoms with E-state index in [4.69, 9.17) is 9.47 Å². The van der Waals surface area contributed by atoms with Crippen molar-refractivity contribution in [2.75, 3.05) is 20.3 Å². The highest BCUT2D eigenvalue weighted by Gasteiger charge is 2.34. The first kappa shape index (κ1) is 28.5. The largest absolute Gasteiger partial charge is 0.493 e. The van der Waals surface area contributed by atoms with Gasteiger partial charge >= 0.3 is 0 Å². The number of hydrogen-bond acceptors (Lipinski definition) is 6. The van der Waals surface area contributed by atoms with Crippen LogP contribution < -0.4 is 9.47 Å².